The van der Waals surface area contributed by atoms with Gasteiger partial charge in [-0.3, -0.25) is 0 Å². The third-order valence-corrected chi connectivity index (χ3v) is 2.44. The Kier molecular flexibility index (Phi) is 1.66. The lowest BCUT2D eigenvalue weighted by molar-refractivity contribution is 0.562. The molecule has 1 saturated heterocycles. The highest BCUT2D eigenvalue weighted by molar-refractivity contribution is 5.08. The zero-order valence-corrected chi connectivity index (χ0v) is 6.67. The monoisotopic (exact) mass is 151 g/mol. The highest BCUT2D eigenvalue weighted by Gasteiger charge is 2.25. The molecule has 3 heteroatoms. The van der Waals surface area contributed by atoms with Gasteiger partial charge in [-0.25, -0.2) is 4.98 Å². The fourth-order valence-corrected chi connectivity index (χ4v) is 1.70. The summed E-state index contributed by atoms with van der Waals surface area (Å²) in [6.07, 6.45) is 3.68. The predicted molar refractivity (Wildman–Crippen MR) is 43.4 cm³/mol. The number of nitrogens with one attached hydrogen (secondary N) is 2. The van der Waals surface area contributed by atoms with Crippen LogP contribution in [0, 0.1) is 5.92 Å². The fraction of sp³-hybridized carbons (Fsp3) is 0.625. The molecular weight excluding hydrogens is 138 g/mol. The smallest absolute Gasteiger partial charge is 0.0921 e. The third-order valence-electron chi connectivity index (χ3n) is 2.44. The van der Waals surface area contributed by atoms with E-state index in [0.717, 1.165) is 19.0 Å². The topological polar surface area (TPSA) is 40.7 Å². The second-order valence-corrected chi connectivity index (χ2v) is 3.25. The Balaban J connectivity index is 2.16. The Bertz CT molecular complexity index is 217. The summed E-state index contributed by atoms with van der Waals surface area (Å²) in [4.78, 5) is 7.18. The Morgan fingerprint density at radius 2 is 2.45 bits per heavy atom. The molecule has 0 spiro atoms. The number of aromatic amines is 1. The molecule has 1 aliphatic heterocycles. The van der Waals surface area contributed by atoms with Crippen LogP contribution in [0.3, 0.4) is 0 Å². The zero-order valence-electron chi connectivity index (χ0n) is 6.67. The number of imidazole rings is 1. The van der Waals surface area contributed by atoms with Gasteiger partial charge in [0.15, 0.2) is 0 Å². The molecule has 11 heavy (non-hydrogen) atoms. The van der Waals surface area contributed by atoms with Crippen LogP contribution in [0.2, 0.25) is 0 Å². The van der Waals surface area contributed by atoms with Crippen molar-refractivity contribution in [3.8, 4) is 0 Å². The standard InChI is InChI=1S/C8H13N3/c1-6-2-9-3-7(6)8-4-10-5-11-8/h4-7,9H,2-3H2,1H3,(H,10,11)/t6-,7+/m0/s1. The quantitative estimate of drug-likeness (QED) is 0.621. The van der Waals surface area contributed by atoms with Crippen molar-refractivity contribution in [2.24, 2.45) is 5.92 Å². The van der Waals surface area contributed by atoms with Crippen LogP contribution in [0.1, 0.15) is 18.5 Å². The average Bonchev–Trinajstić information content (AvgIpc) is 2.55. The fourth-order valence-electron chi connectivity index (χ4n) is 1.70. The molecule has 0 unspecified atom stereocenters. The molecule has 2 rings (SSSR count). The van der Waals surface area contributed by atoms with Gasteiger partial charge in [0.25, 0.3) is 0 Å². The van der Waals surface area contributed by atoms with Gasteiger partial charge >= 0.3 is 0 Å². The molecule has 1 aliphatic rings. The molecular formula is C8H13N3. The van der Waals surface area contributed by atoms with Crippen LogP contribution in [0.5, 0.6) is 0 Å². The highest BCUT2D eigenvalue weighted by atomic mass is 14.9. The van der Waals surface area contributed by atoms with Gasteiger partial charge < -0.3 is 10.3 Å². The number of nitrogens with zero attached hydrogens (tertiary/aromatic N) is 1. The molecule has 0 aliphatic carbocycles. The Hall–Kier alpha value is -0.830. The van der Waals surface area contributed by atoms with Gasteiger partial charge in [-0.2, -0.15) is 0 Å². The summed E-state index contributed by atoms with van der Waals surface area (Å²) in [6, 6.07) is 0. The van der Waals surface area contributed by atoms with E-state index in [9.17, 15) is 0 Å². The van der Waals surface area contributed by atoms with Crippen molar-refractivity contribution in [1.82, 2.24) is 15.3 Å². The number of aromatic nitrogens is 2. The molecule has 0 saturated carbocycles. The number of hydrogen-bond acceptors (Lipinski definition) is 2. The molecule has 1 aromatic rings. The normalized spacial score (nSPS) is 31.0. The first-order valence-corrected chi connectivity index (χ1v) is 4.07. The van der Waals surface area contributed by atoms with E-state index < -0.39 is 0 Å². The summed E-state index contributed by atoms with van der Waals surface area (Å²) >= 11 is 0. The zero-order chi connectivity index (χ0) is 7.68. The lowest BCUT2D eigenvalue weighted by Crippen LogP contribution is -2.08. The second-order valence-electron chi connectivity index (χ2n) is 3.25. The van der Waals surface area contributed by atoms with E-state index in [2.05, 4.69) is 22.2 Å². The van der Waals surface area contributed by atoms with E-state index >= 15 is 0 Å². The van der Waals surface area contributed by atoms with Crippen molar-refractivity contribution in [1.29, 1.82) is 0 Å². The third kappa shape index (κ3) is 1.16. The Morgan fingerprint density at radius 1 is 1.55 bits per heavy atom. The molecule has 2 atom stereocenters. The van der Waals surface area contributed by atoms with Crippen LogP contribution < -0.4 is 5.32 Å². The summed E-state index contributed by atoms with van der Waals surface area (Å²) in [5.74, 6) is 1.37. The molecule has 0 bridgehead atoms. The molecule has 1 aromatic heterocycles. The summed E-state index contributed by atoms with van der Waals surface area (Å²) in [5, 5.41) is 3.36. The minimum Gasteiger partial charge on any atom is -0.348 e. The highest BCUT2D eigenvalue weighted by Crippen LogP contribution is 2.25. The van der Waals surface area contributed by atoms with E-state index in [1.54, 1.807) is 6.33 Å². The lowest BCUT2D eigenvalue weighted by Gasteiger charge is -2.10. The largest absolute Gasteiger partial charge is 0.348 e. The van der Waals surface area contributed by atoms with Gasteiger partial charge in [0.1, 0.15) is 0 Å². The number of rotatable bonds is 1. The minimum absolute atomic E-state index is 0.637. The first-order chi connectivity index (χ1) is 5.38. The molecule has 3 nitrogen and oxygen atoms in total. The molecule has 2 N–H and O–H groups in total. The summed E-state index contributed by atoms with van der Waals surface area (Å²) in [6.45, 7) is 4.48. The van der Waals surface area contributed by atoms with Gasteiger partial charge in [0.05, 0.1) is 6.33 Å². The van der Waals surface area contributed by atoms with Crippen LogP contribution in [-0.4, -0.2) is 23.1 Å². The second kappa shape index (κ2) is 2.66. The van der Waals surface area contributed by atoms with Gasteiger partial charge in [-0.05, 0) is 12.5 Å². The van der Waals surface area contributed by atoms with E-state index in [1.807, 2.05) is 6.20 Å². The van der Waals surface area contributed by atoms with Crippen LogP contribution in [0.4, 0.5) is 0 Å². The van der Waals surface area contributed by atoms with Gasteiger partial charge in [-0.1, -0.05) is 6.92 Å². The van der Waals surface area contributed by atoms with Crippen molar-refractivity contribution in [3.05, 3.63) is 18.2 Å². The van der Waals surface area contributed by atoms with Crippen LogP contribution >= 0.6 is 0 Å². The van der Waals surface area contributed by atoms with Crippen LogP contribution in [0.15, 0.2) is 12.5 Å². The van der Waals surface area contributed by atoms with Gasteiger partial charge in [0, 0.05) is 24.4 Å². The molecule has 0 aromatic carbocycles. The van der Waals surface area contributed by atoms with Crippen molar-refractivity contribution in [3.63, 3.8) is 0 Å². The van der Waals surface area contributed by atoms with Crippen LogP contribution in [-0.2, 0) is 0 Å². The van der Waals surface area contributed by atoms with E-state index in [-0.39, 0.29) is 0 Å². The van der Waals surface area contributed by atoms with E-state index in [0.29, 0.717) is 5.92 Å². The number of hydrogen-bond donors (Lipinski definition) is 2. The maximum atomic E-state index is 4.02. The first-order valence-electron chi connectivity index (χ1n) is 4.07. The average molecular weight is 151 g/mol. The van der Waals surface area contributed by atoms with Crippen molar-refractivity contribution in [2.75, 3.05) is 13.1 Å². The lowest BCUT2D eigenvalue weighted by atomic mass is 9.95. The summed E-state index contributed by atoms with van der Waals surface area (Å²) in [5.41, 5.74) is 1.27. The Morgan fingerprint density at radius 3 is 3.00 bits per heavy atom. The first kappa shape index (κ1) is 6.85. The molecule has 1 fully saturated rings. The SMILES string of the molecule is C[C@H]1CNC[C@H]1c1cnc[nH]1. The van der Waals surface area contributed by atoms with E-state index in [1.165, 1.54) is 5.69 Å². The summed E-state index contributed by atoms with van der Waals surface area (Å²) < 4.78 is 0. The molecule has 2 heterocycles. The number of H-pyrrole nitrogens is 1. The van der Waals surface area contributed by atoms with Crippen molar-refractivity contribution < 1.29 is 0 Å². The van der Waals surface area contributed by atoms with E-state index in [4.69, 9.17) is 0 Å². The molecule has 0 amide bonds. The van der Waals surface area contributed by atoms with Crippen molar-refractivity contribution in [2.45, 2.75) is 12.8 Å². The molecule has 0 radical (unpaired) electrons. The summed E-state index contributed by atoms with van der Waals surface area (Å²) in [7, 11) is 0. The molecule has 60 valence electrons. The Labute approximate surface area is 66.2 Å². The minimum atomic E-state index is 0.637. The van der Waals surface area contributed by atoms with Crippen molar-refractivity contribution >= 4 is 0 Å². The maximum Gasteiger partial charge on any atom is 0.0921 e. The predicted octanol–water partition coefficient (Wildman–Crippen LogP) is 0.733. The van der Waals surface area contributed by atoms with Crippen LogP contribution in [0.25, 0.3) is 0 Å². The maximum absolute atomic E-state index is 4.02. The van der Waals surface area contributed by atoms with Gasteiger partial charge in [0.2, 0.25) is 0 Å². The van der Waals surface area contributed by atoms with Gasteiger partial charge in [-0.15, -0.1) is 0 Å².